The van der Waals surface area contributed by atoms with Gasteiger partial charge in [0.25, 0.3) is 0 Å². The predicted molar refractivity (Wildman–Crippen MR) is 63.7 cm³/mol. The van der Waals surface area contributed by atoms with Crippen LogP contribution < -0.4 is 5.73 Å². The lowest BCUT2D eigenvalue weighted by Gasteiger charge is -2.41. The molecular weight excluding hydrogens is 280 g/mol. The number of halogens is 3. The second-order valence-electron chi connectivity index (χ2n) is 4.09. The molecule has 82 valence electrons. The molecule has 4 heteroatoms. The van der Waals surface area contributed by atoms with Crippen molar-refractivity contribution in [2.75, 3.05) is 6.54 Å². The summed E-state index contributed by atoms with van der Waals surface area (Å²) in [6, 6.07) is 3.50. The van der Waals surface area contributed by atoms with E-state index in [1.165, 1.54) is 6.42 Å². The molecule has 0 spiro atoms. The average Bonchev–Trinajstić information content (AvgIpc) is 2.13. The van der Waals surface area contributed by atoms with Crippen molar-refractivity contribution in [3.8, 4) is 0 Å². The van der Waals surface area contributed by atoms with Crippen molar-refractivity contribution in [2.24, 2.45) is 5.73 Å². The number of nitrogens with two attached hydrogens (primary N) is 1. The van der Waals surface area contributed by atoms with Crippen LogP contribution in [-0.4, -0.2) is 6.54 Å². The van der Waals surface area contributed by atoms with Gasteiger partial charge in [-0.05, 0) is 46.5 Å². The van der Waals surface area contributed by atoms with Crippen LogP contribution in [0.3, 0.4) is 0 Å². The zero-order chi connectivity index (χ0) is 11.1. The van der Waals surface area contributed by atoms with Crippen LogP contribution in [-0.2, 0) is 5.41 Å². The standard InChI is InChI=1S/C11H12BrClFN/c12-8-4-7(5-9(13)10(8)14)11(6-15)2-1-3-11/h4-5H,1-3,6,15H2. The highest BCUT2D eigenvalue weighted by atomic mass is 79.9. The predicted octanol–water partition coefficient (Wildman–Crippen LogP) is 3.62. The number of hydrogen-bond donors (Lipinski definition) is 1. The van der Waals surface area contributed by atoms with Crippen molar-refractivity contribution in [3.63, 3.8) is 0 Å². The van der Waals surface area contributed by atoms with Gasteiger partial charge in [0.2, 0.25) is 0 Å². The van der Waals surface area contributed by atoms with Gasteiger partial charge in [-0.3, -0.25) is 0 Å². The molecule has 0 heterocycles. The summed E-state index contributed by atoms with van der Waals surface area (Å²) in [5, 5.41) is 0.166. The van der Waals surface area contributed by atoms with Crippen molar-refractivity contribution in [3.05, 3.63) is 33.0 Å². The first-order valence-corrected chi connectivity index (χ1v) is 6.11. The quantitative estimate of drug-likeness (QED) is 0.828. The maximum Gasteiger partial charge on any atom is 0.155 e. The fraction of sp³-hybridized carbons (Fsp3) is 0.455. The van der Waals surface area contributed by atoms with Gasteiger partial charge in [-0.15, -0.1) is 0 Å². The van der Waals surface area contributed by atoms with E-state index in [2.05, 4.69) is 15.9 Å². The Hall–Kier alpha value is -0.120. The molecule has 1 saturated carbocycles. The second kappa shape index (κ2) is 4.04. The van der Waals surface area contributed by atoms with E-state index in [0.29, 0.717) is 11.0 Å². The molecule has 2 rings (SSSR count). The first-order valence-electron chi connectivity index (χ1n) is 4.94. The van der Waals surface area contributed by atoms with Crippen LogP contribution >= 0.6 is 27.5 Å². The fourth-order valence-electron chi connectivity index (χ4n) is 2.08. The molecule has 2 N–H and O–H groups in total. The zero-order valence-electron chi connectivity index (χ0n) is 8.19. The van der Waals surface area contributed by atoms with E-state index in [1.807, 2.05) is 0 Å². The number of hydrogen-bond acceptors (Lipinski definition) is 1. The minimum atomic E-state index is -0.396. The Bertz CT molecular complexity index is 362. The first kappa shape index (κ1) is 11.4. The van der Waals surface area contributed by atoms with Crippen molar-refractivity contribution in [1.82, 2.24) is 0 Å². The molecule has 0 bridgehead atoms. The van der Waals surface area contributed by atoms with Gasteiger partial charge in [-0.25, -0.2) is 4.39 Å². The molecule has 15 heavy (non-hydrogen) atoms. The van der Waals surface area contributed by atoms with Crippen LogP contribution in [0.15, 0.2) is 16.6 Å². The fourth-order valence-corrected chi connectivity index (χ4v) is 2.87. The van der Waals surface area contributed by atoms with Gasteiger partial charge in [0.15, 0.2) is 5.82 Å². The number of rotatable bonds is 2. The lowest BCUT2D eigenvalue weighted by atomic mass is 9.64. The van der Waals surface area contributed by atoms with E-state index in [4.69, 9.17) is 17.3 Å². The van der Waals surface area contributed by atoms with Crippen LogP contribution in [0.25, 0.3) is 0 Å². The van der Waals surface area contributed by atoms with Crippen molar-refractivity contribution in [1.29, 1.82) is 0 Å². The van der Waals surface area contributed by atoms with Gasteiger partial charge in [-0.1, -0.05) is 18.0 Å². The molecule has 1 aromatic carbocycles. The number of benzene rings is 1. The summed E-state index contributed by atoms with van der Waals surface area (Å²) in [6.07, 6.45) is 3.32. The normalized spacial score (nSPS) is 18.7. The lowest BCUT2D eigenvalue weighted by Crippen LogP contribution is -2.41. The van der Waals surface area contributed by atoms with E-state index in [0.717, 1.165) is 18.4 Å². The highest BCUT2D eigenvalue weighted by Gasteiger charge is 2.37. The van der Waals surface area contributed by atoms with Crippen molar-refractivity contribution in [2.45, 2.75) is 24.7 Å². The molecule has 0 aromatic heterocycles. The summed E-state index contributed by atoms with van der Waals surface area (Å²) < 4.78 is 13.7. The molecule has 1 fully saturated rings. The molecule has 0 atom stereocenters. The Kier molecular flexibility index (Phi) is 3.06. The molecule has 0 saturated heterocycles. The SMILES string of the molecule is NCC1(c2cc(Cl)c(F)c(Br)c2)CCC1. The van der Waals surface area contributed by atoms with Crippen molar-refractivity contribution >= 4 is 27.5 Å². The van der Waals surface area contributed by atoms with Crippen LogP contribution in [0.4, 0.5) is 4.39 Å². The second-order valence-corrected chi connectivity index (χ2v) is 5.35. The van der Waals surface area contributed by atoms with Gasteiger partial charge in [0, 0.05) is 12.0 Å². The molecule has 0 radical (unpaired) electrons. The summed E-state index contributed by atoms with van der Waals surface area (Å²) in [5.74, 6) is -0.396. The largest absolute Gasteiger partial charge is 0.330 e. The zero-order valence-corrected chi connectivity index (χ0v) is 10.5. The summed E-state index contributed by atoms with van der Waals surface area (Å²) in [6.45, 7) is 0.599. The maximum atomic E-state index is 13.3. The third-order valence-corrected chi connectivity index (χ3v) is 4.15. The Morgan fingerprint density at radius 1 is 1.47 bits per heavy atom. The lowest BCUT2D eigenvalue weighted by molar-refractivity contribution is 0.252. The first-order chi connectivity index (χ1) is 7.09. The molecule has 0 amide bonds. The molecule has 1 aliphatic carbocycles. The molecule has 1 aliphatic rings. The van der Waals surface area contributed by atoms with E-state index in [1.54, 1.807) is 12.1 Å². The third-order valence-electron chi connectivity index (χ3n) is 3.30. The third kappa shape index (κ3) is 1.81. The molecule has 1 nitrogen and oxygen atoms in total. The topological polar surface area (TPSA) is 26.0 Å². The van der Waals surface area contributed by atoms with Gasteiger partial charge >= 0.3 is 0 Å². The molecule has 0 aliphatic heterocycles. The van der Waals surface area contributed by atoms with Crippen LogP contribution in [0.2, 0.25) is 5.02 Å². The summed E-state index contributed by atoms with van der Waals surface area (Å²) >= 11 is 8.99. The Labute approximate surface area is 102 Å². The van der Waals surface area contributed by atoms with E-state index >= 15 is 0 Å². The molecule has 0 unspecified atom stereocenters. The Balaban J connectivity index is 2.45. The minimum Gasteiger partial charge on any atom is -0.330 e. The minimum absolute atomic E-state index is 0.0276. The van der Waals surface area contributed by atoms with Gasteiger partial charge in [0.05, 0.1) is 9.50 Å². The van der Waals surface area contributed by atoms with Crippen molar-refractivity contribution < 1.29 is 4.39 Å². The smallest absolute Gasteiger partial charge is 0.155 e. The highest BCUT2D eigenvalue weighted by molar-refractivity contribution is 9.10. The Morgan fingerprint density at radius 3 is 2.53 bits per heavy atom. The van der Waals surface area contributed by atoms with Crippen LogP contribution in [0.5, 0.6) is 0 Å². The van der Waals surface area contributed by atoms with Crippen LogP contribution in [0, 0.1) is 5.82 Å². The van der Waals surface area contributed by atoms with Gasteiger partial charge < -0.3 is 5.73 Å². The summed E-state index contributed by atoms with van der Waals surface area (Å²) in [4.78, 5) is 0. The highest BCUT2D eigenvalue weighted by Crippen LogP contribution is 2.44. The summed E-state index contributed by atoms with van der Waals surface area (Å²) in [5.41, 5.74) is 6.87. The maximum absolute atomic E-state index is 13.3. The molecular formula is C11H12BrClFN. The van der Waals surface area contributed by atoms with E-state index in [9.17, 15) is 4.39 Å². The van der Waals surface area contributed by atoms with Crippen LogP contribution in [0.1, 0.15) is 24.8 Å². The molecule has 1 aromatic rings. The average molecular weight is 293 g/mol. The van der Waals surface area contributed by atoms with E-state index < -0.39 is 5.82 Å². The van der Waals surface area contributed by atoms with Gasteiger partial charge in [0.1, 0.15) is 0 Å². The van der Waals surface area contributed by atoms with E-state index in [-0.39, 0.29) is 10.4 Å². The summed E-state index contributed by atoms with van der Waals surface area (Å²) in [7, 11) is 0. The monoisotopic (exact) mass is 291 g/mol. The Morgan fingerprint density at radius 2 is 2.13 bits per heavy atom. The van der Waals surface area contributed by atoms with Gasteiger partial charge in [-0.2, -0.15) is 0 Å².